The number of aryl methyl sites for hydroxylation is 1. The van der Waals surface area contributed by atoms with Crippen LogP contribution >= 0.6 is 12.2 Å². The molecule has 5 nitrogen and oxygen atoms in total. The molecule has 0 aromatic heterocycles. The highest BCUT2D eigenvalue weighted by Crippen LogP contribution is 2.24. The zero-order valence-corrected chi connectivity index (χ0v) is 13.8. The van der Waals surface area contributed by atoms with Crippen molar-refractivity contribution in [3.63, 3.8) is 0 Å². The van der Waals surface area contributed by atoms with Gasteiger partial charge < -0.3 is 10.5 Å². The third kappa shape index (κ3) is 3.79. The summed E-state index contributed by atoms with van der Waals surface area (Å²) in [5.41, 5.74) is 6.86. The molecule has 7 heteroatoms. The van der Waals surface area contributed by atoms with Gasteiger partial charge >= 0.3 is 0 Å². The van der Waals surface area contributed by atoms with Crippen molar-refractivity contribution in [2.45, 2.75) is 43.2 Å². The van der Waals surface area contributed by atoms with Gasteiger partial charge in [0, 0.05) is 18.7 Å². The maximum absolute atomic E-state index is 12.5. The van der Waals surface area contributed by atoms with E-state index < -0.39 is 10.0 Å². The van der Waals surface area contributed by atoms with Gasteiger partial charge in [0.1, 0.15) is 4.99 Å². The SMILES string of the molecule is COC1CCC(NS(=O)(=O)c2ccc(C(N)=S)cc2C)C1. The average molecular weight is 328 g/mol. The highest BCUT2D eigenvalue weighted by atomic mass is 32.2. The van der Waals surface area contributed by atoms with Crippen molar-refractivity contribution in [2.24, 2.45) is 5.73 Å². The molecule has 0 aliphatic heterocycles. The maximum atomic E-state index is 12.5. The van der Waals surface area contributed by atoms with Crippen molar-refractivity contribution in [1.82, 2.24) is 4.72 Å². The molecule has 0 saturated heterocycles. The number of benzene rings is 1. The standard InChI is InChI=1S/C14H20N2O3S2/c1-9-7-10(14(15)20)3-6-13(9)21(17,18)16-11-4-5-12(8-11)19-2/h3,6-7,11-12,16H,4-5,8H2,1-2H3,(H2,15,20). The van der Waals surface area contributed by atoms with E-state index in [-0.39, 0.29) is 22.0 Å². The van der Waals surface area contributed by atoms with Crippen LogP contribution in [0.4, 0.5) is 0 Å². The molecule has 21 heavy (non-hydrogen) atoms. The van der Waals surface area contributed by atoms with Crippen molar-refractivity contribution in [3.05, 3.63) is 29.3 Å². The van der Waals surface area contributed by atoms with Gasteiger partial charge in [-0.05, 0) is 43.9 Å². The Labute approximate surface area is 130 Å². The van der Waals surface area contributed by atoms with E-state index in [2.05, 4.69) is 4.72 Å². The van der Waals surface area contributed by atoms with Crippen molar-refractivity contribution >= 4 is 27.2 Å². The first-order valence-corrected chi connectivity index (χ1v) is 8.68. The van der Waals surface area contributed by atoms with E-state index in [0.717, 1.165) is 12.8 Å². The first-order chi connectivity index (χ1) is 9.83. The summed E-state index contributed by atoms with van der Waals surface area (Å²) in [6, 6.07) is 4.81. The second kappa shape index (κ2) is 6.39. The zero-order chi connectivity index (χ0) is 15.6. The van der Waals surface area contributed by atoms with Crippen LogP contribution in [0, 0.1) is 6.92 Å². The number of rotatable bonds is 5. The molecule has 0 radical (unpaired) electrons. The Hall–Kier alpha value is -1.02. The third-order valence-electron chi connectivity index (χ3n) is 3.79. The minimum absolute atomic E-state index is 0.0744. The lowest BCUT2D eigenvalue weighted by molar-refractivity contribution is 0.107. The van der Waals surface area contributed by atoms with Gasteiger partial charge in [0.2, 0.25) is 10.0 Å². The molecule has 1 aliphatic carbocycles. The fraction of sp³-hybridized carbons (Fsp3) is 0.500. The molecule has 1 saturated carbocycles. The zero-order valence-electron chi connectivity index (χ0n) is 12.1. The lowest BCUT2D eigenvalue weighted by Crippen LogP contribution is -2.33. The number of nitrogens with two attached hydrogens (primary N) is 1. The topological polar surface area (TPSA) is 81.4 Å². The fourth-order valence-electron chi connectivity index (χ4n) is 2.65. The Morgan fingerprint density at radius 2 is 2.14 bits per heavy atom. The normalized spacial score (nSPS) is 22.4. The molecule has 0 amide bonds. The first-order valence-electron chi connectivity index (χ1n) is 6.79. The van der Waals surface area contributed by atoms with Crippen LogP contribution in [0.25, 0.3) is 0 Å². The lowest BCUT2D eigenvalue weighted by Gasteiger charge is -2.15. The number of sulfonamides is 1. The van der Waals surface area contributed by atoms with Crippen LogP contribution in [-0.2, 0) is 14.8 Å². The van der Waals surface area contributed by atoms with Gasteiger partial charge in [-0.15, -0.1) is 0 Å². The number of thiocarbonyl (C=S) groups is 1. The summed E-state index contributed by atoms with van der Waals surface area (Å²) in [4.78, 5) is 0.525. The van der Waals surface area contributed by atoms with Crippen LogP contribution in [0.5, 0.6) is 0 Å². The van der Waals surface area contributed by atoms with Crippen molar-refractivity contribution < 1.29 is 13.2 Å². The molecule has 0 spiro atoms. The largest absolute Gasteiger partial charge is 0.389 e. The summed E-state index contributed by atoms with van der Waals surface area (Å²) in [5, 5.41) is 0. The summed E-state index contributed by atoms with van der Waals surface area (Å²) in [6.45, 7) is 1.74. The average Bonchev–Trinajstić information content (AvgIpc) is 2.85. The Morgan fingerprint density at radius 3 is 2.67 bits per heavy atom. The number of hydrogen-bond donors (Lipinski definition) is 2. The molecule has 1 fully saturated rings. The molecule has 116 valence electrons. The maximum Gasteiger partial charge on any atom is 0.241 e. The predicted octanol–water partition coefficient (Wildman–Crippen LogP) is 1.48. The van der Waals surface area contributed by atoms with E-state index in [0.29, 0.717) is 17.5 Å². The van der Waals surface area contributed by atoms with Crippen LogP contribution in [-0.4, -0.2) is 32.7 Å². The van der Waals surface area contributed by atoms with Crippen molar-refractivity contribution in [2.75, 3.05) is 7.11 Å². The van der Waals surface area contributed by atoms with E-state index in [1.165, 1.54) is 0 Å². The van der Waals surface area contributed by atoms with Gasteiger partial charge in [0.05, 0.1) is 11.0 Å². The van der Waals surface area contributed by atoms with Gasteiger partial charge in [-0.2, -0.15) is 0 Å². The number of hydrogen-bond acceptors (Lipinski definition) is 4. The van der Waals surface area contributed by atoms with Gasteiger partial charge in [-0.1, -0.05) is 18.3 Å². The summed E-state index contributed by atoms with van der Waals surface area (Å²) >= 11 is 4.90. The number of nitrogens with one attached hydrogen (secondary N) is 1. The van der Waals surface area contributed by atoms with Crippen LogP contribution in [0.2, 0.25) is 0 Å². The molecule has 1 aromatic rings. The summed E-state index contributed by atoms with van der Waals surface area (Å²) < 4.78 is 33.0. The first kappa shape index (κ1) is 16.4. The molecule has 2 rings (SSSR count). The Balaban J connectivity index is 2.18. The molecule has 0 bridgehead atoms. The lowest BCUT2D eigenvalue weighted by atomic mass is 10.1. The highest BCUT2D eigenvalue weighted by Gasteiger charge is 2.29. The fourth-order valence-corrected chi connectivity index (χ4v) is 4.29. The molecule has 3 N–H and O–H groups in total. The Bertz CT molecular complexity index is 644. The van der Waals surface area contributed by atoms with Gasteiger partial charge in [-0.3, -0.25) is 0 Å². The second-order valence-electron chi connectivity index (χ2n) is 5.33. The molecule has 0 heterocycles. The predicted molar refractivity (Wildman–Crippen MR) is 85.8 cm³/mol. The second-order valence-corrected chi connectivity index (χ2v) is 7.46. The summed E-state index contributed by atoms with van der Waals surface area (Å²) in [6.07, 6.45) is 2.51. The van der Waals surface area contributed by atoms with Gasteiger partial charge in [0.25, 0.3) is 0 Å². The van der Waals surface area contributed by atoms with Crippen LogP contribution in [0.3, 0.4) is 0 Å². The van der Waals surface area contributed by atoms with Gasteiger partial charge in [-0.25, -0.2) is 13.1 Å². The van der Waals surface area contributed by atoms with Crippen LogP contribution in [0.15, 0.2) is 23.1 Å². The van der Waals surface area contributed by atoms with E-state index in [1.807, 2.05) is 0 Å². The van der Waals surface area contributed by atoms with E-state index in [4.69, 9.17) is 22.7 Å². The van der Waals surface area contributed by atoms with Crippen LogP contribution in [0.1, 0.15) is 30.4 Å². The smallest absolute Gasteiger partial charge is 0.241 e. The van der Waals surface area contributed by atoms with Crippen molar-refractivity contribution in [1.29, 1.82) is 0 Å². The third-order valence-corrected chi connectivity index (χ3v) is 5.71. The van der Waals surface area contributed by atoms with Crippen LogP contribution < -0.4 is 10.5 Å². The summed E-state index contributed by atoms with van der Waals surface area (Å²) in [5.74, 6) is 0. The quantitative estimate of drug-likeness (QED) is 0.800. The van der Waals surface area contributed by atoms with Gasteiger partial charge in [0.15, 0.2) is 0 Å². The molecule has 2 unspecified atom stereocenters. The molecule has 1 aromatic carbocycles. The summed E-state index contributed by atoms with van der Waals surface area (Å²) in [7, 11) is -1.89. The number of ether oxygens (including phenoxy) is 1. The Morgan fingerprint density at radius 1 is 1.43 bits per heavy atom. The molecular formula is C14H20N2O3S2. The van der Waals surface area contributed by atoms with E-state index in [1.54, 1.807) is 32.2 Å². The van der Waals surface area contributed by atoms with E-state index >= 15 is 0 Å². The highest BCUT2D eigenvalue weighted by molar-refractivity contribution is 7.89. The molecule has 2 atom stereocenters. The number of methoxy groups -OCH3 is 1. The minimum atomic E-state index is -3.54. The molecular weight excluding hydrogens is 308 g/mol. The van der Waals surface area contributed by atoms with Crippen molar-refractivity contribution in [3.8, 4) is 0 Å². The Kier molecular flexibility index (Phi) is 4.98. The molecule has 1 aliphatic rings. The van der Waals surface area contributed by atoms with E-state index in [9.17, 15) is 8.42 Å². The minimum Gasteiger partial charge on any atom is -0.389 e. The monoisotopic (exact) mass is 328 g/mol.